The average Bonchev–Trinajstić information content (AvgIpc) is 2.17. The first-order valence-electron chi connectivity index (χ1n) is 5.39. The zero-order valence-corrected chi connectivity index (χ0v) is 9.37. The fraction of sp³-hybridized carbons (Fsp3) is 0.545. The fourth-order valence-electron chi connectivity index (χ4n) is 2.06. The van der Waals surface area contributed by atoms with E-state index in [0.29, 0.717) is 17.2 Å². The molecular formula is C11H16ClN3. The van der Waals surface area contributed by atoms with Crippen molar-refractivity contribution < 1.29 is 0 Å². The van der Waals surface area contributed by atoms with Gasteiger partial charge in [-0.3, -0.25) is 0 Å². The number of nitrogens with one attached hydrogen (secondary N) is 1. The van der Waals surface area contributed by atoms with Gasteiger partial charge in [0.05, 0.1) is 0 Å². The number of rotatable bonds is 2. The summed E-state index contributed by atoms with van der Waals surface area (Å²) in [6.07, 6.45) is 4.52. The van der Waals surface area contributed by atoms with Gasteiger partial charge in [0.15, 0.2) is 0 Å². The maximum Gasteiger partial charge on any atom is 0.131 e. The second kappa shape index (κ2) is 4.81. The minimum absolute atomic E-state index is 0.329. The van der Waals surface area contributed by atoms with Gasteiger partial charge in [0.25, 0.3) is 0 Å². The lowest BCUT2D eigenvalue weighted by Gasteiger charge is -2.27. The van der Waals surface area contributed by atoms with Crippen LogP contribution in [0.5, 0.6) is 0 Å². The molecule has 0 amide bonds. The molecule has 1 aliphatic rings. The van der Waals surface area contributed by atoms with E-state index in [-0.39, 0.29) is 0 Å². The van der Waals surface area contributed by atoms with Gasteiger partial charge in [0.1, 0.15) is 11.0 Å². The van der Waals surface area contributed by atoms with E-state index in [2.05, 4.69) is 10.3 Å². The largest absolute Gasteiger partial charge is 0.367 e. The van der Waals surface area contributed by atoms with Gasteiger partial charge in [-0.1, -0.05) is 17.7 Å². The zero-order valence-electron chi connectivity index (χ0n) is 8.62. The molecule has 2 unspecified atom stereocenters. The van der Waals surface area contributed by atoms with E-state index in [0.717, 1.165) is 18.7 Å². The van der Waals surface area contributed by atoms with Crippen molar-refractivity contribution in [1.29, 1.82) is 0 Å². The number of pyridine rings is 1. The molecule has 1 aromatic heterocycles. The number of hydrogen-bond acceptors (Lipinski definition) is 3. The summed E-state index contributed by atoms with van der Waals surface area (Å²) in [7, 11) is 0. The number of aromatic nitrogens is 1. The van der Waals surface area contributed by atoms with Gasteiger partial charge < -0.3 is 11.1 Å². The zero-order chi connectivity index (χ0) is 10.7. The monoisotopic (exact) mass is 225 g/mol. The minimum Gasteiger partial charge on any atom is -0.367 e. The molecule has 4 heteroatoms. The van der Waals surface area contributed by atoms with Gasteiger partial charge in [0, 0.05) is 12.1 Å². The number of hydrogen-bond donors (Lipinski definition) is 2. The van der Waals surface area contributed by atoms with E-state index in [1.54, 1.807) is 6.07 Å². The van der Waals surface area contributed by atoms with Gasteiger partial charge in [-0.15, -0.1) is 0 Å². The maximum atomic E-state index is 5.92. The third-order valence-corrected chi connectivity index (χ3v) is 2.99. The van der Waals surface area contributed by atoms with Crippen LogP contribution in [0.15, 0.2) is 18.2 Å². The highest BCUT2D eigenvalue weighted by molar-refractivity contribution is 6.29. The molecule has 0 radical (unpaired) electrons. The van der Waals surface area contributed by atoms with Crippen LogP contribution in [0, 0.1) is 0 Å². The van der Waals surface area contributed by atoms with E-state index >= 15 is 0 Å². The molecule has 0 saturated heterocycles. The van der Waals surface area contributed by atoms with Crippen LogP contribution in [0.2, 0.25) is 5.15 Å². The van der Waals surface area contributed by atoms with E-state index in [1.165, 1.54) is 12.8 Å². The lowest BCUT2D eigenvalue weighted by atomic mass is 9.92. The highest BCUT2D eigenvalue weighted by Gasteiger charge is 2.18. The molecular weight excluding hydrogens is 210 g/mol. The number of anilines is 1. The Labute approximate surface area is 95.0 Å². The van der Waals surface area contributed by atoms with Crippen molar-refractivity contribution in [2.24, 2.45) is 5.73 Å². The fourth-order valence-corrected chi connectivity index (χ4v) is 2.22. The smallest absolute Gasteiger partial charge is 0.131 e. The first kappa shape index (κ1) is 10.7. The minimum atomic E-state index is 0.329. The number of nitrogens with two attached hydrogens (primary N) is 1. The summed E-state index contributed by atoms with van der Waals surface area (Å²) in [5.74, 6) is 0.849. The van der Waals surface area contributed by atoms with Crippen molar-refractivity contribution in [3.63, 3.8) is 0 Å². The van der Waals surface area contributed by atoms with E-state index in [4.69, 9.17) is 17.3 Å². The summed E-state index contributed by atoms with van der Waals surface area (Å²) in [5, 5.41) is 3.90. The van der Waals surface area contributed by atoms with Crippen molar-refractivity contribution in [2.45, 2.75) is 37.8 Å². The Balaban J connectivity index is 1.96. The molecule has 1 fully saturated rings. The molecule has 1 aromatic rings. The Kier molecular flexibility index (Phi) is 3.44. The molecule has 0 spiro atoms. The van der Waals surface area contributed by atoms with Gasteiger partial charge in [-0.2, -0.15) is 0 Å². The normalized spacial score (nSPS) is 26.3. The number of nitrogens with zero attached hydrogens (tertiary/aromatic N) is 1. The molecule has 0 aliphatic heterocycles. The Morgan fingerprint density at radius 1 is 1.40 bits per heavy atom. The Hall–Kier alpha value is -0.800. The van der Waals surface area contributed by atoms with Crippen LogP contribution in [-0.2, 0) is 0 Å². The van der Waals surface area contributed by atoms with Gasteiger partial charge in [0.2, 0.25) is 0 Å². The molecule has 0 bridgehead atoms. The lowest BCUT2D eigenvalue weighted by Crippen LogP contribution is -2.35. The molecule has 3 nitrogen and oxygen atoms in total. The highest BCUT2D eigenvalue weighted by Crippen LogP contribution is 2.20. The molecule has 15 heavy (non-hydrogen) atoms. The molecule has 0 aromatic carbocycles. The average molecular weight is 226 g/mol. The summed E-state index contributed by atoms with van der Waals surface area (Å²) in [4.78, 5) is 4.21. The molecule has 2 rings (SSSR count). The Bertz CT molecular complexity index is 329. The quantitative estimate of drug-likeness (QED) is 0.761. The first-order valence-corrected chi connectivity index (χ1v) is 5.76. The van der Waals surface area contributed by atoms with Crippen LogP contribution >= 0.6 is 11.6 Å². The van der Waals surface area contributed by atoms with E-state index < -0.39 is 0 Å². The summed E-state index contributed by atoms with van der Waals surface area (Å²) in [6, 6.07) is 6.39. The molecule has 1 heterocycles. The topological polar surface area (TPSA) is 50.9 Å². The predicted octanol–water partition coefficient (Wildman–Crippen LogP) is 2.42. The van der Waals surface area contributed by atoms with Crippen LogP contribution in [-0.4, -0.2) is 17.1 Å². The molecule has 82 valence electrons. The second-order valence-corrected chi connectivity index (χ2v) is 4.50. The molecule has 2 atom stereocenters. The van der Waals surface area contributed by atoms with Gasteiger partial charge in [-0.25, -0.2) is 4.98 Å². The van der Waals surface area contributed by atoms with Crippen molar-refractivity contribution in [1.82, 2.24) is 4.98 Å². The molecule has 3 N–H and O–H groups in total. The van der Waals surface area contributed by atoms with Gasteiger partial charge in [-0.05, 0) is 37.8 Å². The van der Waals surface area contributed by atoms with Crippen LogP contribution in [0.25, 0.3) is 0 Å². The van der Waals surface area contributed by atoms with Crippen molar-refractivity contribution in [2.75, 3.05) is 5.32 Å². The molecule has 1 aliphatic carbocycles. The summed E-state index contributed by atoms with van der Waals surface area (Å²) in [6.45, 7) is 0. The third kappa shape index (κ3) is 3.08. The summed E-state index contributed by atoms with van der Waals surface area (Å²) < 4.78 is 0. The van der Waals surface area contributed by atoms with Gasteiger partial charge >= 0.3 is 0 Å². The standard InChI is InChI=1S/C11H16ClN3/c12-10-5-2-6-11(15-10)14-9-4-1-3-8(13)7-9/h2,5-6,8-9H,1,3-4,7,13H2,(H,14,15). The van der Waals surface area contributed by atoms with Crippen molar-refractivity contribution in [3.05, 3.63) is 23.4 Å². The highest BCUT2D eigenvalue weighted by atomic mass is 35.5. The third-order valence-electron chi connectivity index (χ3n) is 2.78. The van der Waals surface area contributed by atoms with Crippen molar-refractivity contribution in [3.8, 4) is 0 Å². The lowest BCUT2D eigenvalue weighted by molar-refractivity contribution is 0.409. The first-order chi connectivity index (χ1) is 7.24. The Morgan fingerprint density at radius 2 is 2.27 bits per heavy atom. The van der Waals surface area contributed by atoms with Crippen molar-refractivity contribution >= 4 is 17.4 Å². The van der Waals surface area contributed by atoms with E-state index in [1.807, 2.05) is 12.1 Å². The second-order valence-electron chi connectivity index (χ2n) is 4.11. The maximum absolute atomic E-state index is 5.92. The van der Waals surface area contributed by atoms with E-state index in [9.17, 15) is 0 Å². The molecule has 1 saturated carbocycles. The summed E-state index contributed by atoms with van der Waals surface area (Å²) >= 11 is 5.82. The van der Waals surface area contributed by atoms with Crippen LogP contribution < -0.4 is 11.1 Å². The van der Waals surface area contributed by atoms with Crippen LogP contribution in [0.3, 0.4) is 0 Å². The predicted molar refractivity (Wildman–Crippen MR) is 63.1 cm³/mol. The van der Waals surface area contributed by atoms with Crippen LogP contribution in [0.1, 0.15) is 25.7 Å². The SMILES string of the molecule is NC1CCCC(Nc2cccc(Cl)n2)C1. The van der Waals surface area contributed by atoms with Crippen LogP contribution in [0.4, 0.5) is 5.82 Å². The Morgan fingerprint density at radius 3 is 3.00 bits per heavy atom. The summed E-state index contributed by atoms with van der Waals surface area (Å²) in [5.41, 5.74) is 5.92. The number of halogens is 1.